The second-order valence-corrected chi connectivity index (χ2v) is 6.73. The van der Waals surface area contributed by atoms with Gasteiger partial charge < -0.3 is 9.47 Å². The topological polar surface area (TPSA) is 48.4 Å². The first-order valence-electron chi connectivity index (χ1n) is 10.8. The molecule has 0 radical (unpaired) electrons. The van der Waals surface area contributed by atoms with Crippen molar-refractivity contribution in [1.82, 2.24) is 4.98 Å². The van der Waals surface area contributed by atoms with Gasteiger partial charge in [-0.2, -0.15) is 0 Å². The molecule has 0 bridgehead atoms. The number of carbonyl (C=O) groups is 1. The van der Waals surface area contributed by atoms with Gasteiger partial charge in [0, 0.05) is 6.42 Å². The normalized spacial score (nSPS) is 11.8. The zero-order valence-electron chi connectivity index (χ0n) is 17.9. The largest absolute Gasteiger partial charge is 0.487 e. The Morgan fingerprint density at radius 2 is 1.86 bits per heavy atom. The van der Waals surface area contributed by atoms with Crippen LogP contribution in [-0.2, 0) is 29.0 Å². The van der Waals surface area contributed by atoms with Gasteiger partial charge in [-0.3, -0.25) is 4.79 Å². The number of hydrogen-bond donors (Lipinski definition) is 0. The third-order valence-corrected chi connectivity index (χ3v) is 4.64. The summed E-state index contributed by atoms with van der Waals surface area (Å²) in [6.07, 6.45) is 9.73. The molecule has 1 aromatic heterocycles. The molecule has 29 heavy (non-hydrogen) atoms. The van der Waals surface area contributed by atoms with Crippen LogP contribution in [0.15, 0.2) is 42.5 Å². The molecule has 4 nitrogen and oxygen atoms in total. The molecule has 0 N–H and O–H groups in total. The Morgan fingerprint density at radius 3 is 2.62 bits per heavy atom. The third-order valence-electron chi connectivity index (χ3n) is 4.64. The summed E-state index contributed by atoms with van der Waals surface area (Å²) in [6.45, 7) is 6.76. The maximum Gasteiger partial charge on any atom is 0.305 e. The van der Waals surface area contributed by atoms with E-state index in [4.69, 9.17) is 9.47 Å². The molecule has 4 heteroatoms. The molecule has 3 rings (SSSR count). The zero-order chi connectivity index (χ0) is 20.9. The molecule has 1 aliphatic carbocycles. The lowest BCUT2D eigenvalue weighted by atomic mass is 10.0. The summed E-state index contributed by atoms with van der Waals surface area (Å²) in [5, 5.41) is 0. The lowest BCUT2D eigenvalue weighted by molar-refractivity contribution is -0.143. The molecule has 2 aromatic rings. The Kier molecular flexibility index (Phi) is 9.98. The second-order valence-electron chi connectivity index (χ2n) is 6.73. The summed E-state index contributed by atoms with van der Waals surface area (Å²) in [5.74, 6) is 0.743. The van der Waals surface area contributed by atoms with Crippen molar-refractivity contribution in [2.24, 2.45) is 0 Å². The standard InChI is InChI=1S/C23H27NO3.C2H6/c1-2-26-23(25)10-6-3-7-18-11-15-21(16-12-18)27-17-20-14-13-19-8-4-5-9-22(19)24-20;1-2/h5,9,11-16H,2-4,6-8,10,17H2,1H3;1-2H3. The van der Waals surface area contributed by atoms with Crippen LogP contribution < -0.4 is 4.74 Å². The Bertz CT molecular complexity index is 781. The van der Waals surface area contributed by atoms with Crippen molar-refractivity contribution in [3.8, 4) is 5.75 Å². The summed E-state index contributed by atoms with van der Waals surface area (Å²) < 4.78 is 10.8. The van der Waals surface area contributed by atoms with Crippen molar-refractivity contribution < 1.29 is 14.3 Å². The average Bonchev–Trinajstić information content (AvgIpc) is 2.77. The fourth-order valence-corrected chi connectivity index (χ4v) is 3.16. The first kappa shape index (κ1) is 22.7. The molecule has 1 aromatic carbocycles. The quantitative estimate of drug-likeness (QED) is 0.390. The van der Waals surface area contributed by atoms with Crippen LogP contribution >= 0.6 is 0 Å². The van der Waals surface area contributed by atoms with Gasteiger partial charge in [0.05, 0.1) is 18.0 Å². The van der Waals surface area contributed by atoms with E-state index in [1.807, 2.05) is 32.9 Å². The highest BCUT2D eigenvalue weighted by atomic mass is 16.5. The molecule has 0 atom stereocenters. The number of nitrogens with zero attached hydrogens (tertiary/aromatic N) is 1. The predicted octanol–water partition coefficient (Wildman–Crippen LogP) is 5.92. The lowest BCUT2D eigenvalue weighted by Gasteiger charge is -2.12. The van der Waals surface area contributed by atoms with Crippen LogP contribution in [0, 0.1) is 0 Å². The van der Waals surface area contributed by atoms with E-state index >= 15 is 0 Å². The highest BCUT2D eigenvalue weighted by Crippen LogP contribution is 2.19. The minimum absolute atomic E-state index is 0.104. The average molecular weight is 396 g/mol. The monoisotopic (exact) mass is 395 g/mol. The maximum absolute atomic E-state index is 11.3. The van der Waals surface area contributed by atoms with Gasteiger partial charge in [-0.05, 0) is 74.4 Å². The van der Waals surface area contributed by atoms with E-state index < -0.39 is 0 Å². The molecule has 1 aliphatic rings. The van der Waals surface area contributed by atoms with E-state index in [-0.39, 0.29) is 5.97 Å². The fourth-order valence-electron chi connectivity index (χ4n) is 3.16. The van der Waals surface area contributed by atoms with Gasteiger partial charge in [0.15, 0.2) is 0 Å². The predicted molar refractivity (Wildman–Crippen MR) is 118 cm³/mol. The number of hydrogen-bond acceptors (Lipinski definition) is 4. The van der Waals surface area contributed by atoms with Gasteiger partial charge in [0.25, 0.3) is 0 Å². The van der Waals surface area contributed by atoms with Crippen molar-refractivity contribution in [3.05, 3.63) is 65.0 Å². The van der Waals surface area contributed by atoms with Gasteiger partial charge in [0.2, 0.25) is 0 Å². The summed E-state index contributed by atoms with van der Waals surface area (Å²) >= 11 is 0. The summed E-state index contributed by atoms with van der Waals surface area (Å²) in [7, 11) is 0. The Hall–Kier alpha value is -2.62. The fraction of sp³-hybridized carbons (Fsp3) is 0.440. The molecule has 0 fully saturated rings. The summed E-state index contributed by atoms with van der Waals surface area (Å²) in [5.41, 5.74) is 4.58. The summed E-state index contributed by atoms with van der Waals surface area (Å²) in [4.78, 5) is 16.0. The number of ether oxygens (including phenoxy) is 2. The maximum atomic E-state index is 11.3. The van der Waals surface area contributed by atoms with Crippen LogP contribution in [0.5, 0.6) is 5.75 Å². The van der Waals surface area contributed by atoms with Crippen molar-refractivity contribution in [3.63, 3.8) is 0 Å². The molecule has 0 saturated heterocycles. The highest BCUT2D eigenvalue weighted by Gasteiger charge is 2.07. The van der Waals surface area contributed by atoms with Crippen molar-refractivity contribution in [2.75, 3.05) is 6.61 Å². The van der Waals surface area contributed by atoms with E-state index in [0.29, 0.717) is 19.6 Å². The smallest absolute Gasteiger partial charge is 0.305 e. The third kappa shape index (κ3) is 7.72. The van der Waals surface area contributed by atoms with E-state index in [9.17, 15) is 4.79 Å². The minimum Gasteiger partial charge on any atom is -0.487 e. The summed E-state index contributed by atoms with van der Waals surface area (Å²) in [6, 6.07) is 12.4. The number of fused-ring (bicyclic) bond motifs is 1. The number of carbonyl (C=O) groups excluding carboxylic acids is 1. The van der Waals surface area contributed by atoms with E-state index in [0.717, 1.165) is 49.2 Å². The van der Waals surface area contributed by atoms with E-state index in [1.54, 1.807) is 0 Å². The van der Waals surface area contributed by atoms with Crippen molar-refractivity contribution >= 4 is 12.0 Å². The van der Waals surface area contributed by atoms with Crippen LogP contribution in [0.4, 0.5) is 0 Å². The van der Waals surface area contributed by atoms with Gasteiger partial charge in [-0.25, -0.2) is 4.98 Å². The van der Waals surface area contributed by atoms with Crippen molar-refractivity contribution in [1.29, 1.82) is 0 Å². The van der Waals surface area contributed by atoms with E-state index in [2.05, 4.69) is 41.4 Å². The van der Waals surface area contributed by atoms with Crippen LogP contribution in [0.1, 0.15) is 69.0 Å². The molecule has 0 spiro atoms. The molecule has 1 heterocycles. The molecule has 0 aliphatic heterocycles. The minimum atomic E-state index is -0.104. The van der Waals surface area contributed by atoms with E-state index in [1.165, 1.54) is 11.1 Å². The first-order chi connectivity index (χ1) is 14.2. The molecular weight excluding hydrogens is 362 g/mol. The molecular formula is C25H33NO3. The number of benzene rings is 1. The lowest BCUT2D eigenvalue weighted by Crippen LogP contribution is -2.04. The Labute approximate surface area is 175 Å². The molecule has 156 valence electrons. The Morgan fingerprint density at radius 1 is 1.07 bits per heavy atom. The second kappa shape index (κ2) is 12.8. The van der Waals surface area contributed by atoms with Crippen molar-refractivity contribution in [2.45, 2.75) is 65.9 Å². The molecule has 0 amide bonds. The van der Waals surface area contributed by atoms with Gasteiger partial charge >= 0.3 is 5.97 Å². The van der Waals surface area contributed by atoms with Crippen LogP contribution in [0.25, 0.3) is 6.08 Å². The van der Waals surface area contributed by atoms with Crippen LogP contribution in [0.3, 0.4) is 0 Å². The number of esters is 1. The number of rotatable bonds is 9. The van der Waals surface area contributed by atoms with Crippen LogP contribution in [-0.4, -0.2) is 17.6 Å². The number of unbranched alkanes of at least 4 members (excludes halogenated alkanes) is 1. The SMILES string of the molecule is CC.CCOC(=O)CCCCc1ccc(OCc2ccc3c(n2)C=CCC3)cc1. The van der Waals surface area contributed by atoms with Crippen LogP contribution in [0.2, 0.25) is 0 Å². The van der Waals surface area contributed by atoms with Gasteiger partial charge in [0.1, 0.15) is 12.4 Å². The number of pyridine rings is 1. The number of allylic oxidation sites excluding steroid dienone is 1. The van der Waals surface area contributed by atoms with Gasteiger partial charge in [-0.1, -0.05) is 38.1 Å². The number of aromatic nitrogens is 1. The van der Waals surface area contributed by atoms with Gasteiger partial charge in [-0.15, -0.1) is 0 Å². The first-order valence-corrected chi connectivity index (χ1v) is 10.8. The molecule has 0 unspecified atom stereocenters. The molecule has 0 saturated carbocycles. The zero-order valence-corrected chi connectivity index (χ0v) is 17.9. The Balaban J connectivity index is 0.00000145. The highest BCUT2D eigenvalue weighted by molar-refractivity contribution is 5.69. The number of aryl methyl sites for hydroxylation is 2.